The minimum Gasteiger partial charge on any atom is -0.479 e. The summed E-state index contributed by atoms with van der Waals surface area (Å²) in [5, 5.41) is 21.4. The van der Waals surface area contributed by atoms with Crippen molar-refractivity contribution in [2.75, 3.05) is 39.5 Å². The molecule has 0 saturated carbocycles. The molecule has 346 valence electrons. The molecule has 1 unspecified atom stereocenters. The summed E-state index contributed by atoms with van der Waals surface area (Å²) in [4.78, 5) is 130. The first-order valence-electron chi connectivity index (χ1n) is 20.1. The number of hydrogen-bond donors (Lipinski definition) is 6. The van der Waals surface area contributed by atoms with E-state index in [2.05, 4.69) is 26.6 Å². The van der Waals surface area contributed by atoms with Crippen LogP contribution in [0.3, 0.4) is 0 Å². The van der Waals surface area contributed by atoms with Crippen LogP contribution >= 0.6 is 0 Å². The van der Waals surface area contributed by atoms with Crippen molar-refractivity contribution >= 4 is 59.4 Å². The molecule has 0 fully saturated rings. The summed E-state index contributed by atoms with van der Waals surface area (Å²) in [7, 11) is 0. The number of aliphatic carboxylic acids is 1. The monoisotopic (exact) mass is 893 g/mol. The summed E-state index contributed by atoms with van der Waals surface area (Å²) in [5.74, 6) is -8.22. The molecule has 1 aliphatic heterocycles. The maximum absolute atomic E-state index is 13.6. The van der Waals surface area contributed by atoms with Crippen molar-refractivity contribution in [1.29, 1.82) is 0 Å². The number of carboxylic acid groups (broad SMARTS) is 1. The fourth-order valence-electron chi connectivity index (χ4n) is 5.72. The Morgan fingerprint density at radius 3 is 1.69 bits per heavy atom. The van der Waals surface area contributed by atoms with E-state index in [0.717, 1.165) is 17.1 Å². The fourth-order valence-corrected chi connectivity index (χ4v) is 5.72. The Morgan fingerprint density at radius 2 is 1.16 bits per heavy atom. The zero-order valence-corrected chi connectivity index (χ0v) is 36.5. The molecule has 1 heterocycles. The Hall–Kier alpha value is -7.16. The fraction of sp³-hybridized carbons (Fsp3) is 0.442. The van der Waals surface area contributed by atoms with E-state index in [4.69, 9.17) is 14.2 Å². The number of carboxylic acids is 1. The molecule has 6 N–H and O–H groups in total. The SMILES string of the molecule is CC(C)(C)OC(=O)CN(C[C@@H](C(=O)NCC(=O)NCC(=O)N[C@@H](Cc1ccccc1)C(=O)NCC(=O)NCOC(Cc1ccccc1)C(=O)O)N1C(=O)C=CC1=O)C(=O)OC(C)(C)C. The van der Waals surface area contributed by atoms with E-state index >= 15 is 0 Å². The van der Waals surface area contributed by atoms with E-state index < -0.39 is 128 Å². The van der Waals surface area contributed by atoms with Gasteiger partial charge >= 0.3 is 18.0 Å². The number of amides is 8. The highest BCUT2D eigenvalue weighted by atomic mass is 16.6. The third-order valence-corrected chi connectivity index (χ3v) is 8.56. The van der Waals surface area contributed by atoms with Crippen LogP contribution in [0.25, 0.3) is 0 Å². The lowest BCUT2D eigenvalue weighted by atomic mass is 10.1. The smallest absolute Gasteiger partial charge is 0.410 e. The van der Waals surface area contributed by atoms with Crippen LogP contribution < -0.4 is 26.6 Å². The maximum Gasteiger partial charge on any atom is 0.410 e. The second kappa shape index (κ2) is 23.9. The topological polar surface area (TPSA) is 285 Å². The molecular formula is C43H55N7O14. The van der Waals surface area contributed by atoms with Crippen LogP contribution in [0, 0.1) is 0 Å². The second-order valence-corrected chi connectivity index (χ2v) is 16.3. The summed E-state index contributed by atoms with van der Waals surface area (Å²) in [6.07, 6.45) is -0.478. The minimum atomic E-state index is -1.76. The molecule has 2 aromatic rings. The molecule has 64 heavy (non-hydrogen) atoms. The van der Waals surface area contributed by atoms with Gasteiger partial charge in [0.15, 0.2) is 6.10 Å². The van der Waals surface area contributed by atoms with Gasteiger partial charge in [-0.05, 0) is 52.7 Å². The average Bonchev–Trinajstić information content (AvgIpc) is 3.54. The van der Waals surface area contributed by atoms with Gasteiger partial charge in [0.2, 0.25) is 29.5 Å². The number of nitrogens with zero attached hydrogens (tertiary/aromatic N) is 2. The number of carbonyl (C=O) groups excluding carboxylic acids is 9. The molecule has 21 heteroatoms. The molecule has 3 rings (SSSR count). The zero-order chi connectivity index (χ0) is 47.6. The van der Waals surface area contributed by atoms with Gasteiger partial charge in [-0.2, -0.15) is 0 Å². The van der Waals surface area contributed by atoms with Crippen LogP contribution in [0.5, 0.6) is 0 Å². The molecule has 0 saturated heterocycles. The van der Waals surface area contributed by atoms with Crippen LogP contribution in [0.4, 0.5) is 4.79 Å². The zero-order valence-electron chi connectivity index (χ0n) is 36.5. The van der Waals surface area contributed by atoms with Crippen molar-refractivity contribution in [3.63, 3.8) is 0 Å². The normalized spacial score (nSPS) is 13.8. The van der Waals surface area contributed by atoms with E-state index in [1.807, 2.05) is 0 Å². The van der Waals surface area contributed by atoms with Crippen molar-refractivity contribution in [3.8, 4) is 0 Å². The van der Waals surface area contributed by atoms with Gasteiger partial charge in [-0.15, -0.1) is 0 Å². The molecule has 3 atom stereocenters. The predicted octanol–water partition coefficient (Wildman–Crippen LogP) is -0.279. The number of carbonyl (C=O) groups is 10. The number of ether oxygens (including phenoxy) is 3. The van der Waals surface area contributed by atoms with Crippen LogP contribution in [0.1, 0.15) is 52.7 Å². The molecule has 2 aromatic carbocycles. The summed E-state index contributed by atoms with van der Waals surface area (Å²) >= 11 is 0. The first-order chi connectivity index (χ1) is 30.0. The highest BCUT2D eigenvalue weighted by Gasteiger charge is 2.40. The van der Waals surface area contributed by atoms with Crippen molar-refractivity contribution in [2.24, 2.45) is 0 Å². The van der Waals surface area contributed by atoms with E-state index in [9.17, 15) is 53.1 Å². The van der Waals surface area contributed by atoms with E-state index in [0.29, 0.717) is 16.0 Å². The molecule has 8 amide bonds. The largest absolute Gasteiger partial charge is 0.479 e. The van der Waals surface area contributed by atoms with E-state index in [-0.39, 0.29) is 12.8 Å². The third-order valence-electron chi connectivity index (χ3n) is 8.56. The van der Waals surface area contributed by atoms with Crippen LogP contribution in [0.2, 0.25) is 0 Å². The summed E-state index contributed by atoms with van der Waals surface area (Å²) in [5.41, 5.74) is -0.652. The van der Waals surface area contributed by atoms with Crippen molar-refractivity contribution in [3.05, 3.63) is 83.9 Å². The molecule has 0 bridgehead atoms. The predicted molar refractivity (Wildman–Crippen MR) is 225 cm³/mol. The van der Waals surface area contributed by atoms with E-state index in [1.54, 1.807) is 102 Å². The van der Waals surface area contributed by atoms with Crippen molar-refractivity contribution < 1.29 is 67.3 Å². The highest BCUT2D eigenvalue weighted by Crippen LogP contribution is 2.16. The number of rotatable bonds is 22. The van der Waals surface area contributed by atoms with Crippen LogP contribution in [-0.4, -0.2) is 143 Å². The third kappa shape index (κ3) is 18.4. The average molecular weight is 894 g/mol. The molecular weight excluding hydrogens is 839 g/mol. The van der Waals surface area contributed by atoms with Gasteiger partial charge in [0.05, 0.1) is 26.2 Å². The molecule has 0 aliphatic carbocycles. The maximum atomic E-state index is 13.6. The highest BCUT2D eigenvalue weighted by molar-refractivity contribution is 6.15. The van der Waals surface area contributed by atoms with Crippen LogP contribution in [0.15, 0.2) is 72.8 Å². The Bertz CT molecular complexity index is 2030. The molecule has 0 aromatic heterocycles. The summed E-state index contributed by atoms with van der Waals surface area (Å²) < 4.78 is 16.0. The number of benzene rings is 2. The minimum absolute atomic E-state index is 0.0225. The van der Waals surface area contributed by atoms with Gasteiger partial charge in [-0.25, -0.2) is 9.59 Å². The molecule has 0 radical (unpaired) electrons. The summed E-state index contributed by atoms with van der Waals surface area (Å²) in [6.45, 7) is 5.52. The van der Waals surface area contributed by atoms with Crippen molar-refractivity contribution in [2.45, 2.75) is 83.8 Å². The van der Waals surface area contributed by atoms with Gasteiger partial charge < -0.3 is 45.9 Å². The van der Waals surface area contributed by atoms with E-state index in [1.165, 1.54) is 0 Å². The van der Waals surface area contributed by atoms with Gasteiger partial charge in [0, 0.05) is 25.0 Å². The molecule has 1 aliphatic rings. The van der Waals surface area contributed by atoms with Gasteiger partial charge in [0.1, 0.15) is 36.6 Å². The number of hydrogen-bond acceptors (Lipinski definition) is 13. The number of esters is 1. The Labute approximate surface area is 369 Å². The number of nitrogens with one attached hydrogen (secondary N) is 5. The Morgan fingerprint density at radius 1 is 0.656 bits per heavy atom. The van der Waals surface area contributed by atoms with Crippen LogP contribution in [-0.2, 0) is 70.2 Å². The van der Waals surface area contributed by atoms with Gasteiger partial charge in [-0.3, -0.25) is 48.2 Å². The summed E-state index contributed by atoms with van der Waals surface area (Å²) in [6, 6.07) is 14.3. The lowest BCUT2D eigenvalue weighted by Gasteiger charge is -2.32. The molecule has 21 nitrogen and oxygen atoms in total. The van der Waals surface area contributed by atoms with Crippen molar-refractivity contribution in [1.82, 2.24) is 36.4 Å². The van der Waals surface area contributed by atoms with Gasteiger partial charge in [-0.1, -0.05) is 60.7 Å². The number of imide groups is 1. The quantitative estimate of drug-likeness (QED) is 0.0504. The second-order valence-electron chi connectivity index (χ2n) is 16.3. The first kappa shape index (κ1) is 51.2. The Kier molecular flexibility index (Phi) is 19.1. The standard InChI is InChI=1S/C43H55N7O14/c1-42(2,3)63-37(56)25-49(41(61)64-43(4,5)6)24-30(50-35(54)17-18-36(50)55)39(58)46-21-32(51)44-23-34(53)48-29(19-27-13-9-7-10-14-27)38(57)45-22-33(52)47-26-62-31(40(59)60)20-28-15-11-8-12-16-28/h7-18,29-31H,19-26H2,1-6H3,(H,44,51)(H,45,57)(H,46,58)(H,47,52)(H,48,53)(H,59,60)/t29-,30-,31?/m0/s1. The molecule has 0 spiro atoms. The lowest BCUT2D eigenvalue weighted by molar-refractivity contribution is -0.156. The van der Waals surface area contributed by atoms with Gasteiger partial charge in [0.25, 0.3) is 11.8 Å². The Balaban J connectivity index is 1.60. The first-order valence-corrected chi connectivity index (χ1v) is 20.1. The lowest BCUT2D eigenvalue weighted by Crippen LogP contribution is -2.57.